The van der Waals surface area contributed by atoms with Crippen LogP contribution in [0.25, 0.3) is 0 Å². The molecular weight excluding hydrogens is 325 g/mol. The highest BCUT2D eigenvalue weighted by Crippen LogP contribution is 2.40. The SMILES string of the molecule is CCN(C)C1=N[C@@H]2[C@@H](O)[C@H](O)[C@@H]([C@H](OC)C(F)(F)F)O[C@@H]2S1. The summed E-state index contributed by atoms with van der Waals surface area (Å²) in [6, 6.07) is -0.800. The third kappa shape index (κ3) is 3.21. The molecule has 2 N–H and O–H groups in total. The fourth-order valence-corrected chi connectivity index (χ4v) is 3.64. The Morgan fingerprint density at radius 1 is 1.41 bits per heavy atom. The van der Waals surface area contributed by atoms with E-state index in [0.717, 1.165) is 18.9 Å². The average molecular weight is 344 g/mol. The molecule has 10 heteroatoms. The molecule has 6 nitrogen and oxygen atoms in total. The van der Waals surface area contributed by atoms with Crippen LogP contribution in [-0.2, 0) is 9.47 Å². The van der Waals surface area contributed by atoms with E-state index in [4.69, 9.17) is 4.74 Å². The van der Waals surface area contributed by atoms with E-state index < -0.39 is 42.1 Å². The summed E-state index contributed by atoms with van der Waals surface area (Å²) in [5, 5.41) is 20.7. The van der Waals surface area contributed by atoms with Gasteiger partial charge >= 0.3 is 6.18 Å². The van der Waals surface area contributed by atoms with Crippen LogP contribution in [0.3, 0.4) is 0 Å². The minimum atomic E-state index is -4.71. The summed E-state index contributed by atoms with van der Waals surface area (Å²) in [6.07, 6.45) is -11.9. The largest absolute Gasteiger partial charge is 0.417 e. The lowest BCUT2D eigenvalue weighted by Gasteiger charge is -2.41. The molecule has 0 aromatic heterocycles. The van der Waals surface area contributed by atoms with Gasteiger partial charge in [0.05, 0.1) is 0 Å². The summed E-state index contributed by atoms with van der Waals surface area (Å²) < 4.78 is 48.7. The highest BCUT2D eigenvalue weighted by molar-refractivity contribution is 8.14. The molecule has 0 bridgehead atoms. The number of ether oxygens (including phenoxy) is 2. The smallest absolute Gasteiger partial charge is 0.388 e. The van der Waals surface area contributed by atoms with Crippen molar-refractivity contribution in [3.63, 3.8) is 0 Å². The summed E-state index contributed by atoms with van der Waals surface area (Å²) in [5.41, 5.74) is -0.785. The van der Waals surface area contributed by atoms with Crippen LogP contribution in [0.4, 0.5) is 13.2 Å². The quantitative estimate of drug-likeness (QED) is 0.774. The van der Waals surface area contributed by atoms with Gasteiger partial charge < -0.3 is 24.6 Å². The maximum absolute atomic E-state index is 13.0. The van der Waals surface area contributed by atoms with Gasteiger partial charge in [-0.25, -0.2) is 0 Å². The number of amidine groups is 1. The van der Waals surface area contributed by atoms with E-state index in [1.807, 2.05) is 6.92 Å². The Morgan fingerprint density at radius 2 is 2.05 bits per heavy atom. The van der Waals surface area contributed by atoms with E-state index in [1.165, 1.54) is 0 Å². The highest BCUT2D eigenvalue weighted by atomic mass is 32.2. The van der Waals surface area contributed by atoms with Crippen LogP contribution in [0, 0.1) is 0 Å². The van der Waals surface area contributed by atoms with E-state index >= 15 is 0 Å². The van der Waals surface area contributed by atoms with Gasteiger partial charge in [0.2, 0.25) is 0 Å². The number of nitrogens with zero attached hydrogens (tertiary/aromatic N) is 2. The Hall–Kier alpha value is -0.550. The zero-order valence-electron chi connectivity index (χ0n) is 12.3. The topological polar surface area (TPSA) is 74.5 Å². The second kappa shape index (κ2) is 6.52. The Morgan fingerprint density at radius 3 is 2.55 bits per heavy atom. The fourth-order valence-electron chi connectivity index (χ4n) is 2.40. The number of aliphatic imine (C=N–C) groups is 1. The zero-order chi connectivity index (χ0) is 16.7. The highest BCUT2D eigenvalue weighted by Gasteiger charge is 2.56. The van der Waals surface area contributed by atoms with E-state index in [9.17, 15) is 23.4 Å². The molecule has 0 spiro atoms. The molecule has 0 aromatic rings. The second-order valence-corrected chi connectivity index (χ2v) is 6.25. The van der Waals surface area contributed by atoms with Gasteiger partial charge in [0.25, 0.3) is 0 Å². The van der Waals surface area contributed by atoms with E-state index in [-0.39, 0.29) is 0 Å². The summed E-state index contributed by atoms with van der Waals surface area (Å²) in [7, 11) is 2.67. The minimum absolute atomic E-state index is 0.561. The zero-order valence-corrected chi connectivity index (χ0v) is 13.1. The molecule has 0 unspecified atom stereocenters. The van der Waals surface area contributed by atoms with Crippen molar-refractivity contribution < 1.29 is 32.9 Å². The van der Waals surface area contributed by atoms with Crippen LogP contribution >= 0.6 is 11.8 Å². The molecule has 1 saturated heterocycles. The number of hydrogen-bond donors (Lipinski definition) is 2. The molecule has 2 aliphatic heterocycles. The van der Waals surface area contributed by atoms with Crippen molar-refractivity contribution in [3.8, 4) is 0 Å². The molecular formula is C12H19F3N2O4S. The van der Waals surface area contributed by atoms with E-state index in [1.54, 1.807) is 11.9 Å². The molecule has 6 atom stereocenters. The van der Waals surface area contributed by atoms with Crippen molar-refractivity contribution >= 4 is 16.9 Å². The Kier molecular flexibility index (Phi) is 5.27. The number of fused-ring (bicyclic) bond motifs is 1. The Balaban J connectivity index is 2.19. The van der Waals surface area contributed by atoms with Crippen molar-refractivity contribution in [2.45, 2.75) is 49.0 Å². The molecule has 0 saturated carbocycles. The van der Waals surface area contributed by atoms with E-state index in [2.05, 4.69) is 9.73 Å². The maximum Gasteiger partial charge on any atom is 0.417 e. The number of rotatable bonds is 3. The van der Waals surface area contributed by atoms with Gasteiger partial charge in [-0.3, -0.25) is 4.99 Å². The van der Waals surface area contributed by atoms with Crippen LogP contribution in [-0.4, -0.2) is 83.1 Å². The molecule has 128 valence electrons. The van der Waals surface area contributed by atoms with Crippen molar-refractivity contribution in [2.24, 2.45) is 4.99 Å². The average Bonchev–Trinajstić information content (AvgIpc) is 2.86. The fraction of sp³-hybridized carbons (Fsp3) is 0.917. The van der Waals surface area contributed by atoms with Crippen molar-refractivity contribution in [2.75, 3.05) is 20.7 Å². The van der Waals surface area contributed by atoms with Gasteiger partial charge in [-0.2, -0.15) is 13.2 Å². The van der Waals surface area contributed by atoms with Gasteiger partial charge in [0.1, 0.15) is 29.8 Å². The monoisotopic (exact) mass is 344 g/mol. The molecule has 2 heterocycles. The summed E-state index contributed by atoms with van der Waals surface area (Å²) in [6.45, 7) is 2.54. The molecule has 0 aromatic carbocycles. The number of halogens is 3. The van der Waals surface area contributed by atoms with Crippen LogP contribution in [0.15, 0.2) is 4.99 Å². The molecule has 0 aliphatic carbocycles. The third-order valence-electron chi connectivity index (χ3n) is 3.76. The number of methoxy groups -OCH3 is 1. The summed E-state index contributed by atoms with van der Waals surface area (Å²) in [4.78, 5) is 6.03. The summed E-state index contributed by atoms with van der Waals surface area (Å²) in [5.74, 6) is 0. The molecule has 0 amide bonds. The van der Waals surface area contributed by atoms with Gasteiger partial charge in [-0.1, -0.05) is 11.8 Å². The van der Waals surface area contributed by atoms with Crippen LogP contribution < -0.4 is 0 Å². The van der Waals surface area contributed by atoms with Crippen LogP contribution in [0.5, 0.6) is 0 Å². The first-order valence-electron chi connectivity index (χ1n) is 6.77. The maximum atomic E-state index is 13.0. The van der Waals surface area contributed by atoms with Gasteiger partial charge in [0.15, 0.2) is 11.3 Å². The van der Waals surface area contributed by atoms with Crippen molar-refractivity contribution in [1.82, 2.24) is 4.90 Å². The second-order valence-electron chi connectivity index (χ2n) is 5.18. The Labute approximate surface area is 130 Å². The normalized spacial score (nSPS) is 36.7. The number of aliphatic hydroxyl groups is 2. The first-order valence-corrected chi connectivity index (χ1v) is 7.65. The molecule has 0 radical (unpaired) electrons. The first kappa shape index (κ1) is 17.8. The molecule has 1 fully saturated rings. The predicted octanol–water partition coefficient (Wildman–Crippen LogP) is 0.433. The molecule has 2 rings (SSSR count). The van der Waals surface area contributed by atoms with Gasteiger partial charge in [-0.05, 0) is 6.92 Å². The van der Waals surface area contributed by atoms with Crippen LogP contribution in [0.2, 0.25) is 0 Å². The number of thioether (sulfide) groups is 1. The number of aliphatic hydroxyl groups excluding tert-OH is 2. The third-order valence-corrected chi connectivity index (χ3v) is 5.01. The lowest BCUT2D eigenvalue weighted by atomic mass is 9.94. The van der Waals surface area contributed by atoms with E-state index in [0.29, 0.717) is 11.7 Å². The van der Waals surface area contributed by atoms with Crippen molar-refractivity contribution in [1.29, 1.82) is 0 Å². The van der Waals surface area contributed by atoms with Gasteiger partial charge in [-0.15, -0.1) is 0 Å². The lowest BCUT2D eigenvalue weighted by molar-refractivity contribution is -0.278. The lowest BCUT2D eigenvalue weighted by Crippen LogP contribution is -2.61. The number of alkyl halides is 3. The predicted molar refractivity (Wildman–Crippen MR) is 74.6 cm³/mol. The van der Waals surface area contributed by atoms with Crippen molar-refractivity contribution in [3.05, 3.63) is 0 Å². The molecule has 2 aliphatic rings. The van der Waals surface area contributed by atoms with Gasteiger partial charge in [0, 0.05) is 20.7 Å². The standard InChI is InChI=1S/C12H19F3N2O4S/c1-4-17(2)11-16-5-6(18)7(19)8(21-10(5)22-11)9(20-3)12(13,14)15/h5-10,18-19H,4H2,1-3H3/t5-,6-,7+,8+,9+,10-/m1/s1. The Bertz CT molecular complexity index is 437. The molecule has 22 heavy (non-hydrogen) atoms. The minimum Gasteiger partial charge on any atom is -0.388 e. The summed E-state index contributed by atoms with van der Waals surface area (Å²) >= 11 is 1.14. The number of hydrogen-bond acceptors (Lipinski definition) is 7. The first-order chi connectivity index (χ1) is 10.2. The van der Waals surface area contributed by atoms with Crippen LogP contribution in [0.1, 0.15) is 6.92 Å².